The summed E-state index contributed by atoms with van der Waals surface area (Å²) in [7, 11) is 0. The summed E-state index contributed by atoms with van der Waals surface area (Å²) in [5.41, 5.74) is 6.65. The fourth-order valence-electron chi connectivity index (χ4n) is 1.63. The van der Waals surface area contributed by atoms with Gasteiger partial charge < -0.3 is 5.73 Å². The molecule has 4 heteroatoms. The zero-order valence-corrected chi connectivity index (χ0v) is 6.33. The lowest BCUT2D eigenvalue weighted by molar-refractivity contribution is 0.258. The average molecular weight is 152 g/mol. The van der Waals surface area contributed by atoms with Crippen molar-refractivity contribution < 1.29 is 0 Å². The van der Waals surface area contributed by atoms with Crippen molar-refractivity contribution in [3.05, 3.63) is 11.9 Å². The Balaban J connectivity index is 2.07. The maximum absolute atomic E-state index is 5.57. The zero-order chi connectivity index (χ0) is 7.68. The molecule has 0 spiro atoms. The highest BCUT2D eigenvalue weighted by Crippen LogP contribution is 2.40. The summed E-state index contributed by atoms with van der Waals surface area (Å²) in [6, 6.07) is 0. The Hall–Kier alpha value is -0.900. The molecule has 0 radical (unpaired) electrons. The Morgan fingerprint density at radius 3 is 3.00 bits per heavy atom. The Bertz CT molecular complexity index is 216. The largest absolute Gasteiger partial charge is 0.330 e. The lowest BCUT2D eigenvalue weighted by Crippen LogP contribution is -2.30. The molecule has 0 bridgehead atoms. The van der Waals surface area contributed by atoms with E-state index in [0.29, 0.717) is 11.8 Å². The molecule has 1 aromatic heterocycles. The van der Waals surface area contributed by atoms with E-state index in [1.54, 1.807) is 6.20 Å². The second-order valence-corrected chi connectivity index (χ2v) is 3.07. The van der Waals surface area contributed by atoms with Crippen molar-refractivity contribution in [1.29, 1.82) is 0 Å². The van der Waals surface area contributed by atoms with Gasteiger partial charge in [0.15, 0.2) is 0 Å². The van der Waals surface area contributed by atoms with Crippen LogP contribution in [0.1, 0.15) is 24.5 Å². The predicted molar refractivity (Wildman–Crippen MR) is 40.9 cm³/mol. The molecule has 4 nitrogen and oxygen atoms in total. The number of aromatic amines is 1. The lowest BCUT2D eigenvalue weighted by atomic mass is 9.72. The normalized spacial score (nSPS) is 29.9. The fraction of sp³-hybridized carbons (Fsp3) is 0.714. The molecule has 2 atom stereocenters. The number of nitrogens with two attached hydrogens (primary N) is 1. The van der Waals surface area contributed by atoms with E-state index in [1.165, 1.54) is 12.8 Å². The van der Waals surface area contributed by atoms with Gasteiger partial charge in [-0.2, -0.15) is 15.4 Å². The van der Waals surface area contributed by atoms with Crippen molar-refractivity contribution in [2.24, 2.45) is 11.7 Å². The van der Waals surface area contributed by atoms with Gasteiger partial charge in [-0.25, -0.2) is 0 Å². The van der Waals surface area contributed by atoms with E-state index in [-0.39, 0.29) is 0 Å². The van der Waals surface area contributed by atoms with Gasteiger partial charge in [0.05, 0.1) is 11.9 Å². The van der Waals surface area contributed by atoms with Crippen molar-refractivity contribution in [2.45, 2.75) is 18.8 Å². The van der Waals surface area contributed by atoms with Gasteiger partial charge >= 0.3 is 0 Å². The summed E-state index contributed by atoms with van der Waals surface area (Å²) in [5, 5.41) is 10.4. The molecular weight excluding hydrogens is 140 g/mol. The third-order valence-electron chi connectivity index (χ3n) is 2.53. The van der Waals surface area contributed by atoms with Crippen molar-refractivity contribution in [3.8, 4) is 0 Å². The SMILES string of the molecule is NC[C@@H]1CC[C@H]1c1cn[nH]n1. The van der Waals surface area contributed by atoms with Crippen molar-refractivity contribution in [2.75, 3.05) is 6.54 Å². The number of hydrogen-bond donors (Lipinski definition) is 2. The molecule has 0 aromatic carbocycles. The first kappa shape index (κ1) is 6.79. The van der Waals surface area contributed by atoms with E-state index in [2.05, 4.69) is 15.4 Å². The summed E-state index contributed by atoms with van der Waals surface area (Å²) in [6.45, 7) is 0.775. The molecule has 1 aliphatic carbocycles. The van der Waals surface area contributed by atoms with Crippen LogP contribution in [0.5, 0.6) is 0 Å². The topological polar surface area (TPSA) is 67.6 Å². The van der Waals surface area contributed by atoms with Crippen molar-refractivity contribution in [1.82, 2.24) is 15.4 Å². The van der Waals surface area contributed by atoms with E-state index < -0.39 is 0 Å². The number of hydrogen-bond acceptors (Lipinski definition) is 3. The second kappa shape index (κ2) is 2.62. The summed E-state index contributed by atoms with van der Waals surface area (Å²) in [4.78, 5) is 0. The highest BCUT2D eigenvalue weighted by molar-refractivity contribution is 5.08. The first-order valence-corrected chi connectivity index (χ1v) is 3.97. The van der Waals surface area contributed by atoms with E-state index in [9.17, 15) is 0 Å². The molecular formula is C7H12N4. The van der Waals surface area contributed by atoms with Gasteiger partial charge in [0.1, 0.15) is 0 Å². The van der Waals surface area contributed by atoms with Crippen molar-refractivity contribution in [3.63, 3.8) is 0 Å². The standard InChI is InChI=1S/C7H12N4/c8-3-5-1-2-6(5)7-4-9-11-10-7/h4-6H,1-3,8H2,(H,9,10,11)/t5-,6+/m0/s1. The van der Waals surface area contributed by atoms with Crippen molar-refractivity contribution >= 4 is 0 Å². The third-order valence-corrected chi connectivity index (χ3v) is 2.53. The summed E-state index contributed by atoms with van der Waals surface area (Å²) < 4.78 is 0. The Morgan fingerprint density at radius 1 is 1.64 bits per heavy atom. The van der Waals surface area contributed by atoms with Crippen LogP contribution in [0.25, 0.3) is 0 Å². The first-order chi connectivity index (χ1) is 5.42. The second-order valence-electron chi connectivity index (χ2n) is 3.07. The van der Waals surface area contributed by atoms with Gasteiger partial charge in [0.2, 0.25) is 0 Å². The van der Waals surface area contributed by atoms with Crippen LogP contribution in [0, 0.1) is 5.92 Å². The van der Waals surface area contributed by atoms with Gasteiger partial charge in [-0.3, -0.25) is 0 Å². The molecule has 0 amide bonds. The number of H-pyrrole nitrogens is 1. The molecule has 1 aromatic rings. The first-order valence-electron chi connectivity index (χ1n) is 3.97. The molecule has 2 rings (SSSR count). The number of rotatable bonds is 2. The van der Waals surface area contributed by atoms with Crippen LogP contribution in [0.2, 0.25) is 0 Å². The monoisotopic (exact) mass is 152 g/mol. The van der Waals surface area contributed by atoms with Crippen LogP contribution >= 0.6 is 0 Å². The minimum absolute atomic E-state index is 0.568. The van der Waals surface area contributed by atoms with Gasteiger partial charge in [0.25, 0.3) is 0 Å². The molecule has 1 saturated carbocycles. The number of nitrogens with one attached hydrogen (secondary N) is 1. The van der Waals surface area contributed by atoms with Gasteiger partial charge in [0, 0.05) is 5.92 Å². The molecule has 0 saturated heterocycles. The van der Waals surface area contributed by atoms with Crippen LogP contribution < -0.4 is 5.73 Å². The highest BCUT2D eigenvalue weighted by atomic mass is 15.3. The zero-order valence-electron chi connectivity index (χ0n) is 6.33. The summed E-state index contributed by atoms with van der Waals surface area (Å²) in [6.07, 6.45) is 4.26. The molecule has 0 aliphatic heterocycles. The van der Waals surface area contributed by atoms with Gasteiger partial charge in [-0.05, 0) is 25.3 Å². The van der Waals surface area contributed by atoms with E-state index in [4.69, 9.17) is 5.73 Å². The minimum atomic E-state index is 0.568. The molecule has 1 heterocycles. The third kappa shape index (κ3) is 1.03. The maximum atomic E-state index is 5.57. The van der Waals surface area contributed by atoms with Crippen LogP contribution in [0.4, 0.5) is 0 Å². The van der Waals surface area contributed by atoms with E-state index >= 15 is 0 Å². The van der Waals surface area contributed by atoms with Crippen LogP contribution in [0.3, 0.4) is 0 Å². The molecule has 60 valence electrons. The fourth-order valence-corrected chi connectivity index (χ4v) is 1.63. The summed E-state index contributed by atoms with van der Waals surface area (Å²) >= 11 is 0. The van der Waals surface area contributed by atoms with Crippen LogP contribution in [-0.4, -0.2) is 22.0 Å². The quantitative estimate of drug-likeness (QED) is 0.638. The Morgan fingerprint density at radius 2 is 2.55 bits per heavy atom. The number of nitrogens with zero attached hydrogens (tertiary/aromatic N) is 2. The van der Waals surface area contributed by atoms with E-state index in [0.717, 1.165) is 12.2 Å². The van der Waals surface area contributed by atoms with Gasteiger partial charge in [-0.15, -0.1) is 0 Å². The molecule has 3 N–H and O–H groups in total. The van der Waals surface area contributed by atoms with Gasteiger partial charge in [-0.1, -0.05) is 0 Å². The van der Waals surface area contributed by atoms with E-state index in [1.807, 2.05) is 0 Å². The molecule has 0 unspecified atom stereocenters. The minimum Gasteiger partial charge on any atom is -0.330 e. The Kier molecular flexibility index (Phi) is 1.62. The summed E-state index contributed by atoms with van der Waals surface area (Å²) in [5.74, 6) is 1.21. The lowest BCUT2D eigenvalue weighted by Gasteiger charge is -2.33. The average Bonchev–Trinajstić information content (AvgIpc) is 2.39. The maximum Gasteiger partial charge on any atom is 0.0858 e. The predicted octanol–water partition coefficient (Wildman–Crippen LogP) is 0.257. The molecule has 1 fully saturated rings. The smallest absolute Gasteiger partial charge is 0.0858 e. The van der Waals surface area contributed by atoms with Crippen LogP contribution in [-0.2, 0) is 0 Å². The molecule has 1 aliphatic rings. The molecule has 11 heavy (non-hydrogen) atoms. The number of aromatic nitrogens is 3. The van der Waals surface area contributed by atoms with Crippen LogP contribution in [0.15, 0.2) is 6.20 Å². The Labute approximate surface area is 65.2 Å². The highest BCUT2D eigenvalue weighted by Gasteiger charge is 2.32.